The van der Waals surface area contributed by atoms with Crippen molar-refractivity contribution in [3.63, 3.8) is 0 Å². The first-order chi connectivity index (χ1) is 6.49. The van der Waals surface area contributed by atoms with Crippen molar-refractivity contribution in [2.45, 2.75) is 25.8 Å². The number of aromatic nitrogens is 1. The quantitative estimate of drug-likeness (QED) is 0.807. The van der Waals surface area contributed by atoms with Gasteiger partial charge in [-0.1, -0.05) is 11.6 Å². The second-order valence-electron chi connectivity index (χ2n) is 4.02. The number of anilines is 1. The van der Waals surface area contributed by atoms with Crippen molar-refractivity contribution >= 4 is 17.3 Å². The van der Waals surface area contributed by atoms with E-state index in [-0.39, 0.29) is 5.54 Å². The normalized spacial score (nSPS) is 11.4. The number of nitrogens with two attached hydrogens (primary N) is 1. The van der Waals surface area contributed by atoms with Gasteiger partial charge < -0.3 is 11.1 Å². The van der Waals surface area contributed by atoms with Crippen LogP contribution >= 0.6 is 11.6 Å². The van der Waals surface area contributed by atoms with Crippen LogP contribution in [0.4, 0.5) is 5.69 Å². The van der Waals surface area contributed by atoms with Gasteiger partial charge in [-0.25, -0.2) is 0 Å². The maximum atomic E-state index is 5.94. The fourth-order valence-corrected chi connectivity index (χ4v) is 1.20. The number of pyridine rings is 1. The van der Waals surface area contributed by atoms with E-state index in [4.69, 9.17) is 17.3 Å². The van der Waals surface area contributed by atoms with Crippen LogP contribution in [0.5, 0.6) is 0 Å². The highest BCUT2D eigenvalue weighted by atomic mass is 35.5. The maximum absolute atomic E-state index is 5.94. The third-order valence-corrected chi connectivity index (χ3v) is 2.18. The van der Waals surface area contributed by atoms with Gasteiger partial charge in [-0.05, 0) is 26.3 Å². The van der Waals surface area contributed by atoms with Crippen molar-refractivity contribution in [1.29, 1.82) is 0 Å². The molecule has 14 heavy (non-hydrogen) atoms. The Bertz CT molecular complexity index is 294. The number of hydrogen-bond acceptors (Lipinski definition) is 3. The van der Waals surface area contributed by atoms with Crippen molar-refractivity contribution in [2.24, 2.45) is 5.73 Å². The van der Waals surface area contributed by atoms with Gasteiger partial charge in [-0.3, -0.25) is 4.98 Å². The smallest absolute Gasteiger partial charge is 0.0716 e. The van der Waals surface area contributed by atoms with E-state index in [0.717, 1.165) is 18.7 Å². The molecule has 0 atom stereocenters. The zero-order valence-electron chi connectivity index (χ0n) is 8.55. The van der Waals surface area contributed by atoms with E-state index in [1.165, 1.54) is 0 Å². The number of nitrogens with zero attached hydrogens (tertiary/aromatic N) is 1. The lowest BCUT2D eigenvalue weighted by Gasteiger charge is -2.18. The molecule has 0 amide bonds. The molecule has 3 N–H and O–H groups in total. The minimum Gasteiger partial charge on any atom is -0.383 e. The van der Waals surface area contributed by atoms with E-state index in [1.54, 1.807) is 18.5 Å². The first-order valence-corrected chi connectivity index (χ1v) is 4.99. The van der Waals surface area contributed by atoms with E-state index in [1.807, 2.05) is 13.8 Å². The van der Waals surface area contributed by atoms with Crippen LogP contribution in [-0.4, -0.2) is 17.1 Å². The number of rotatable bonds is 4. The molecular weight excluding hydrogens is 198 g/mol. The van der Waals surface area contributed by atoms with Crippen molar-refractivity contribution < 1.29 is 0 Å². The first kappa shape index (κ1) is 11.3. The molecule has 0 aliphatic heterocycles. The standard InChI is InChI=1S/C10H16ClN3/c1-10(2,12)4-6-14-9-7-13-5-3-8(9)11/h3,5,7,14H,4,6,12H2,1-2H3. The molecule has 0 spiro atoms. The van der Waals surface area contributed by atoms with E-state index >= 15 is 0 Å². The zero-order chi connectivity index (χ0) is 10.6. The highest BCUT2D eigenvalue weighted by molar-refractivity contribution is 6.33. The highest BCUT2D eigenvalue weighted by Gasteiger charge is 2.09. The van der Waals surface area contributed by atoms with E-state index in [9.17, 15) is 0 Å². The van der Waals surface area contributed by atoms with Gasteiger partial charge in [0.05, 0.1) is 16.9 Å². The van der Waals surface area contributed by atoms with Crippen LogP contribution in [-0.2, 0) is 0 Å². The zero-order valence-corrected chi connectivity index (χ0v) is 9.30. The maximum Gasteiger partial charge on any atom is 0.0716 e. The second-order valence-corrected chi connectivity index (χ2v) is 4.43. The molecule has 1 heterocycles. The summed E-state index contributed by atoms with van der Waals surface area (Å²) in [5.41, 5.74) is 6.56. The Labute approximate surface area is 89.7 Å². The number of hydrogen-bond donors (Lipinski definition) is 2. The molecule has 0 aliphatic carbocycles. The molecule has 1 aromatic heterocycles. The third-order valence-electron chi connectivity index (χ3n) is 1.85. The van der Waals surface area contributed by atoms with Crippen molar-refractivity contribution in [1.82, 2.24) is 4.98 Å². The van der Waals surface area contributed by atoms with E-state index in [2.05, 4.69) is 10.3 Å². The Morgan fingerprint density at radius 2 is 2.29 bits per heavy atom. The van der Waals surface area contributed by atoms with Gasteiger partial charge in [-0.15, -0.1) is 0 Å². The summed E-state index contributed by atoms with van der Waals surface area (Å²) in [7, 11) is 0. The summed E-state index contributed by atoms with van der Waals surface area (Å²) in [4.78, 5) is 3.98. The minimum absolute atomic E-state index is 0.151. The fraction of sp³-hybridized carbons (Fsp3) is 0.500. The summed E-state index contributed by atoms with van der Waals surface area (Å²) in [6.07, 6.45) is 4.27. The van der Waals surface area contributed by atoms with Gasteiger partial charge in [-0.2, -0.15) is 0 Å². The molecule has 4 heteroatoms. The van der Waals surface area contributed by atoms with Crippen molar-refractivity contribution in [2.75, 3.05) is 11.9 Å². The van der Waals surface area contributed by atoms with Crippen LogP contribution in [0, 0.1) is 0 Å². The molecule has 0 saturated heterocycles. The van der Waals surface area contributed by atoms with Crippen LogP contribution in [0.25, 0.3) is 0 Å². The van der Waals surface area contributed by atoms with Crippen LogP contribution < -0.4 is 11.1 Å². The van der Waals surface area contributed by atoms with Gasteiger partial charge in [0.25, 0.3) is 0 Å². The Hall–Kier alpha value is -0.800. The summed E-state index contributed by atoms with van der Waals surface area (Å²) < 4.78 is 0. The molecule has 0 radical (unpaired) electrons. The van der Waals surface area contributed by atoms with E-state index < -0.39 is 0 Å². The fourth-order valence-electron chi connectivity index (χ4n) is 1.03. The van der Waals surface area contributed by atoms with Gasteiger partial charge in [0.1, 0.15) is 0 Å². The highest BCUT2D eigenvalue weighted by Crippen LogP contribution is 2.19. The lowest BCUT2D eigenvalue weighted by Crippen LogP contribution is -2.34. The SMILES string of the molecule is CC(C)(N)CCNc1cnccc1Cl. The second kappa shape index (κ2) is 4.62. The summed E-state index contributed by atoms with van der Waals surface area (Å²) in [6, 6.07) is 1.76. The Morgan fingerprint density at radius 1 is 1.57 bits per heavy atom. The van der Waals surface area contributed by atoms with Gasteiger partial charge in [0, 0.05) is 18.3 Å². The van der Waals surface area contributed by atoms with Crippen molar-refractivity contribution in [3.05, 3.63) is 23.5 Å². The summed E-state index contributed by atoms with van der Waals surface area (Å²) in [5.74, 6) is 0. The molecule has 0 bridgehead atoms. The predicted molar refractivity (Wildman–Crippen MR) is 60.6 cm³/mol. The Morgan fingerprint density at radius 3 is 2.86 bits per heavy atom. The average molecular weight is 214 g/mol. The molecule has 0 aromatic carbocycles. The molecule has 1 aromatic rings. The lowest BCUT2D eigenvalue weighted by atomic mass is 10.0. The molecule has 78 valence electrons. The number of nitrogens with one attached hydrogen (secondary N) is 1. The van der Waals surface area contributed by atoms with E-state index in [0.29, 0.717) is 5.02 Å². The van der Waals surface area contributed by atoms with Gasteiger partial charge in [0.2, 0.25) is 0 Å². The molecule has 0 saturated carbocycles. The molecule has 1 rings (SSSR count). The van der Waals surface area contributed by atoms with Crippen LogP contribution in [0.15, 0.2) is 18.5 Å². The van der Waals surface area contributed by atoms with Gasteiger partial charge in [0.15, 0.2) is 0 Å². The van der Waals surface area contributed by atoms with Crippen LogP contribution in [0.2, 0.25) is 5.02 Å². The Balaban J connectivity index is 2.43. The molecule has 0 unspecified atom stereocenters. The van der Waals surface area contributed by atoms with Crippen molar-refractivity contribution in [3.8, 4) is 0 Å². The average Bonchev–Trinajstić information content (AvgIpc) is 2.06. The summed E-state index contributed by atoms with van der Waals surface area (Å²) in [5, 5.41) is 3.88. The van der Waals surface area contributed by atoms with Gasteiger partial charge >= 0.3 is 0 Å². The molecule has 0 fully saturated rings. The molecule has 0 aliphatic rings. The largest absolute Gasteiger partial charge is 0.383 e. The lowest BCUT2D eigenvalue weighted by molar-refractivity contribution is 0.491. The molecule has 3 nitrogen and oxygen atoms in total. The molecular formula is C10H16ClN3. The minimum atomic E-state index is -0.151. The summed E-state index contributed by atoms with van der Waals surface area (Å²) in [6.45, 7) is 4.80. The third kappa shape index (κ3) is 3.94. The van der Waals surface area contributed by atoms with Crippen LogP contribution in [0.1, 0.15) is 20.3 Å². The van der Waals surface area contributed by atoms with Crippen LogP contribution in [0.3, 0.4) is 0 Å². The topological polar surface area (TPSA) is 50.9 Å². The summed E-state index contributed by atoms with van der Waals surface area (Å²) >= 11 is 5.94. The number of halogens is 1. The monoisotopic (exact) mass is 213 g/mol. The predicted octanol–water partition coefficient (Wildman–Crippen LogP) is 2.27. The Kier molecular flexibility index (Phi) is 3.72. The first-order valence-electron chi connectivity index (χ1n) is 4.61.